The highest BCUT2D eigenvalue weighted by Crippen LogP contribution is 2.31. The highest BCUT2D eigenvalue weighted by molar-refractivity contribution is 5.96. The number of anilines is 1. The number of nitrogens with one attached hydrogen (secondary N) is 1. The number of hydrogen-bond donors (Lipinski definition) is 3. The maximum atomic E-state index is 9.55. The van der Waals surface area contributed by atoms with Crippen LogP contribution in [0.15, 0.2) is 72.8 Å². The Hall–Kier alpha value is -3.71. The van der Waals surface area contributed by atoms with Crippen LogP contribution in [-0.4, -0.2) is 53.3 Å². The first kappa shape index (κ1) is 21.0. The van der Waals surface area contributed by atoms with Crippen LogP contribution in [0.3, 0.4) is 0 Å². The lowest BCUT2D eigenvalue weighted by Crippen LogP contribution is -2.43. The third kappa shape index (κ3) is 5.65. The van der Waals surface area contributed by atoms with E-state index in [4.69, 9.17) is 15.2 Å². The Morgan fingerprint density at radius 1 is 0.900 bits per heavy atom. The summed E-state index contributed by atoms with van der Waals surface area (Å²) in [5.41, 5.74) is 3.58. The highest BCUT2D eigenvalue weighted by atomic mass is 16.4. The van der Waals surface area contributed by atoms with Gasteiger partial charge in [0.2, 0.25) is 0 Å². The Labute approximate surface area is 174 Å². The summed E-state index contributed by atoms with van der Waals surface area (Å²) in [7, 11) is 0. The van der Waals surface area contributed by atoms with E-state index in [0.717, 1.165) is 37.5 Å². The second-order valence-corrected chi connectivity index (χ2v) is 6.66. The molecule has 30 heavy (non-hydrogen) atoms. The standard InChI is InChI=1S/C19H19N3.C4H4O4/c1-2-6-15(7-3-1)17-14-19(22-12-10-20-11-13-22)21-18-9-5-4-8-16(17)18;5-3(6)1-2-4(7)8/h1-9,14,20H,10-13H2;1-2H,(H,5,6)(H,7,8)/b;2-1-. The molecule has 1 aliphatic heterocycles. The minimum absolute atomic E-state index is 0.558. The molecule has 7 nitrogen and oxygen atoms in total. The summed E-state index contributed by atoms with van der Waals surface area (Å²) in [6.07, 6.45) is 1.12. The number of fused-ring (bicyclic) bond motifs is 1. The van der Waals surface area contributed by atoms with Crippen LogP contribution in [0.2, 0.25) is 0 Å². The van der Waals surface area contributed by atoms with Crippen molar-refractivity contribution in [1.82, 2.24) is 10.3 Å². The van der Waals surface area contributed by atoms with Gasteiger partial charge in [-0.1, -0.05) is 48.5 Å². The normalized spacial score (nSPS) is 13.7. The van der Waals surface area contributed by atoms with Gasteiger partial charge in [0.25, 0.3) is 0 Å². The maximum absolute atomic E-state index is 9.55. The predicted molar refractivity (Wildman–Crippen MR) is 117 cm³/mol. The molecule has 1 fully saturated rings. The molecule has 3 N–H and O–H groups in total. The zero-order chi connectivity index (χ0) is 21.3. The van der Waals surface area contributed by atoms with E-state index in [0.29, 0.717) is 12.2 Å². The molecule has 1 aromatic heterocycles. The van der Waals surface area contributed by atoms with Gasteiger partial charge in [-0.25, -0.2) is 14.6 Å². The monoisotopic (exact) mass is 405 g/mol. The van der Waals surface area contributed by atoms with Gasteiger partial charge in [-0.05, 0) is 23.3 Å². The Balaban J connectivity index is 0.000000275. The summed E-state index contributed by atoms with van der Waals surface area (Å²) in [4.78, 5) is 26.4. The Morgan fingerprint density at radius 3 is 2.13 bits per heavy atom. The predicted octanol–water partition coefficient (Wildman–Crippen LogP) is 3.02. The molecule has 154 valence electrons. The number of pyridine rings is 1. The molecule has 0 atom stereocenters. The Bertz CT molecular complexity index is 1030. The lowest BCUT2D eigenvalue weighted by molar-refractivity contribution is -0.134. The van der Waals surface area contributed by atoms with Crippen molar-refractivity contribution in [3.8, 4) is 11.1 Å². The van der Waals surface area contributed by atoms with Crippen LogP contribution >= 0.6 is 0 Å². The van der Waals surface area contributed by atoms with Gasteiger partial charge in [0, 0.05) is 43.7 Å². The number of aliphatic carboxylic acids is 2. The van der Waals surface area contributed by atoms with Crippen molar-refractivity contribution in [2.75, 3.05) is 31.1 Å². The number of carboxylic acids is 2. The highest BCUT2D eigenvalue weighted by Gasteiger charge is 2.14. The van der Waals surface area contributed by atoms with Crippen molar-refractivity contribution >= 4 is 28.7 Å². The fraction of sp³-hybridized carbons (Fsp3) is 0.174. The molecule has 0 saturated carbocycles. The van der Waals surface area contributed by atoms with Gasteiger partial charge in [0.1, 0.15) is 5.82 Å². The van der Waals surface area contributed by atoms with Gasteiger partial charge in [-0.3, -0.25) is 0 Å². The van der Waals surface area contributed by atoms with Crippen molar-refractivity contribution in [3.05, 3.63) is 72.8 Å². The van der Waals surface area contributed by atoms with Crippen LogP contribution in [0, 0.1) is 0 Å². The van der Waals surface area contributed by atoms with Gasteiger partial charge in [0.05, 0.1) is 5.52 Å². The zero-order valence-electron chi connectivity index (χ0n) is 16.4. The van der Waals surface area contributed by atoms with E-state index in [2.05, 4.69) is 70.9 Å². The molecular weight excluding hydrogens is 382 g/mol. The minimum atomic E-state index is -1.26. The van der Waals surface area contributed by atoms with Gasteiger partial charge in [-0.2, -0.15) is 0 Å². The van der Waals surface area contributed by atoms with Gasteiger partial charge >= 0.3 is 11.9 Å². The fourth-order valence-corrected chi connectivity index (χ4v) is 3.22. The average Bonchev–Trinajstić information content (AvgIpc) is 2.78. The van der Waals surface area contributed by atoms with E-state index >= 15 is 0 Å². The number of nitrogens with zero attached hydrogens (tertiary/aromatic N) is 2. The van der Waals surface area contributed by atoms with Crippen LogP contribution in [0.25, 0.3) is 22.0 Å². The summed E-state index contributed by atoms with van der Waals surface area (Å²) in [5.74, 6) is -1.43. The van der Waals surface area contributed by atoms with Gasteiger partial charge in [0.15, 0.2) is 0 Å². The number of benzene rings is 2. The Kier molecular flexibility index (Phi) is 7.13. The van der Waals surface area contributed by atoms with Crippen LogP contribution in [-0.2, 0) is 9.59 Å². The zero-order valence-corrected chi connectivity index (χ0v) is 16.4. The molecule has 1 aliphatic rings. The van der Waals surface area contributed by atoms with Crippen LogP contribution in [0.5, 0.6) is 0 Å². The fourth-order valence-electron chi connectivity index (χ4n) is 3.22. The van der Waals surface area contributed by atoms with Gasteiger partial charge < -0.3 is 20.4 Å². The van der Waals surface area contributed by atoms with E-state index in [-0.39, 0.29) is 0 Å². The van der Waals surface area contributed by atoms with Crippen molar-refractivity contribution in [2.45, 2.75) is 0 Å². The molecule has 4 rings (SSSR count). The smallest absolute Gasteiger partial charge is 0.328 e. The molecule has 2 heterocycles. The molecule has 2 aromatic carbocycles. The van der Waals surface area contributed by atoms with Crippen molar-refractivity contribution in [1.29, 1.82) is 0 Å². The second kappa shape index (κ2) is 10.2. The van der Waals surface area contributed by atoms with E-state index in [9.17, 15) is 9.59 Å². The maximum Gasteiger partial charge on any atom is 0.328 e. The number of para-hydroxylation sites is 1. The number of carboxylic acid groups (broad SMARTS) is 2. The summed E-state index contributed by atoms with van der Waals surface area (Å²) in [6.45, 7) is 4.07. The van der Waals surface area contributed by atoms with Crippen LogP contribution in [0.1, 0.15) is 0 Å². The molecule has 1 saturated heterocycles. The molecule has 3 aromatic rings. The minimum Gasteiger partial charge on any atom is -0.478 e. The summed E-state index contributed by atoms with van der Waals surface area (Å²) in [5, 5.41) is 20.2. The summed E-state index contributed by atoms with van der Waals surface area (Å²) < 4.78 is 0. The number of carbonyl (C=O) groups is 2. The number of hydrogen-bond acceptors (Lipinski definition) is 5. The quantitative estimate of drug-likeness (QED) is 0.573. The number of aromatic nitrogens is 1. The molecule has 0 unspecified atom stereocenters. The SMILES string of the molecule is O=C(O)/C=C\C(=O)O.c1ccc(-c2cc(N3CCNCC3)nc3ccccc23)cc1. The summed E-state index contributed by atoms with van der Waals surface area (Å²) >= 11 is 0. The number of rotatable bonds is 4. The first-order valence-corrected chi connectivity index (χ1v) is 9.59. The molecular formula is C23H23N3O4. The first-order chi connectivity index (χ1) is 14.5. The second-order valence-electron chi connectivity index (χ2n) is 6.66. The molecule has 0 bridgehead atoms. The van der Waals surface area contributed by atoms with E-state index in [1.54, 1.807) is 0 Å². The lowest BCUT2D eigenvalue weighted by Gasteiger charge is -2.29. The van der Waals surface area contributed by atoms with Crippen LogP contribution in [0.4, 0.5) is 5.82 Å². The molecule has 0 amide bonds. The van der Waals surface area contributed by atoms with E-state index in [1.165, 1.54) is 16.5 Å². The molecule has 0 aliphatic carbocycles. The number of piperazine rings is 1. The topological polar surface area (TPSA) is 103 Å². The van der Waals surface area contributed by atoms with E-state index in [1.807, 2.05) is 0 Å². The molecule has 0 radical (unpaired) electrons. The first-order valence-electron chi connectivity index (χ1n) is 9.59. The third-order valence-corrected chi connectivity index (χ3v) is 4.60. The third-order valence-electron chi connectivity index (χ3n) is 4.60. The lowest BCUT2D eigenvalue weighted by atomic mass is 10.0. The van der Waals surface area contributed by atoms with Crippen molar-refractivity contribution < 1.29 is 19.8 Å². The Morgan fingerprint density at radius 2 is 1.50 bits per heavy atom. The summed E-state index contributed by atoms with van der Waals surface area (Å²) in [6, 6.07) is 21.2. The van der Waals surface area contributed by atoms with Gasteiger partial charge in [-0.15, -0.1) is 0 Å². The van der Waals surface area contributed by atoms with Crippen molar-refractivity contribution in [3.63, 3.8) is 0 Å². The molecule has 7 heteroatoms. The largest absolute Gasteiger partial charge is 0.478 e. The average molecular weight is 405 g/mol. The van der Waals surface area contributed by atoms with Crippen molar-refractivity contribution in [2.24, 2.45) is 0 Å². The van der Waals surface area contributed by atoms with E-state index < -0.39 is 11.9 Å². The van der Waals surface area contributed by atoms with Crippen LogP contribution < -0.4 is 10.2 Å². The molecule has 0 spiro atoms.